The fourth-order valence-corrected chi connectivity index (χ4v) is 7.61. The molecule has 9 nitrogen and oxygen atoms in total. The van der Waals surface area contributed by atoms with Gasteiger partial charge < -0.3 is 42.5 Å². The van der Waals surface area contributed by atoms with Crippen molar-refractivity contribution < 1.29 is 0 Å². The molecule has 0 aliphatic carbocycles. The Bertz CT molecular complexity index is 815. The first-order valence-corrected chi connectivity index (χ1v) is 23.4. The van der Waals surface area contributed by atoms with E-state index in [4.69, 9.17) is 0 Å². The van der Waals surface area contributed by atoms with Crippen LogP contribution in [0, 0.1) is 23.7 Å². The largest absolute Gasteiger partial charge is 0.317 e. The summed E-state index contributed by atoms with van der Waals surface area (Å²) < 4.78 is 0. The molecule has 354 valence electrons. The second-order valence-electron chi connectivity index (χ2n) is 21.1. The molecule has 0 amide bonds. The van der Waals surface area contributed by atoms with Crippen molar-refractivity contribution >= 4 is 0 Å². The highest BCUT2D eigenvalue weighted by atomic mass is 15.2. The first-order chi connectivity index (χ1) is 25.8. The van der Waals surface area contributed by atoms with Gasteiger partial charge in [0.05, 0.1) is 0 Å². The highest BCUT2D eigenvalue weighted by Gasteiger charge is 2.19. The number of nitrogens with one attached hydrogen (secondary N) is 8. The van der Waals surface area contributed by atoms with E-state index in [1.807, 2.05) is 0 Å². The Kier molecular flexibility index (Phi) is 37.5. The molecule has 8 N–H and O–H groups in total. The summed E-state index contributed by atoms with van der Waals surface area (Å²) >= 11 is 0. The van der Waals surface area contributed by atoms with Crippen LogP contribution in [-0.4, -0.2) is 125 Å². The quantitative estimate of drug-likeness (QED) is 0.116. The minimum atomic E-state index is 0. The van der Waals surface area contributed by atoms with Crippen molar-refractivity contribution in [3.05, 3.63) is 0 Å². The first kappa shape index (κ1) is 61.9. The van der Waals surface area contributed by atoms with E-state index in [9.17, 15) is 0 Å². The van der Waals surface area contributed by atoms with Crippen LogP contribution in [0.25, 0.3) is 0 Å². The van der Waals surface area contributed by atoms with Crippen molar-refractivity contribution in [3.8, 4) is 0 Å². The van der Waals surface area contributed by atoms with Crippen molar-refractivity contribution in [3.63, 3.8) is 0 Å². The molecule has 5 heterocycles. The van der Waals surface area contributed by atoms with Gasteiger partial charge in [-0.05, 0) is 217 Å². The van der Waals surface area contributed by atoms with Crippen LogP contribution in [0.1, 0.15) is 176 Å². The summed E-state index contributed by atoms with van der Waals surface area (Å²) in [7, 11) is 0. The van der Waals surface area contributed by atoms with Crippen molar-refractivity contribution in [2.45, 2.75) is 205 Å². The zero-order valence-corrected chi connectivity index (χ0v) is 39.4. The highest BCUT2D eigenvalue weighted by molar-refractivity contribution is 4.82. The maximum Gasteiger partial charge on any atom is 0.0110 e. The van der Waals surface area contributed by atoms with Crippen molar-refractivity contribution in [1.82, 2.24) is 47.4 Å². The summed E-state index contributed by atoms with van der Waals surface area (Å²) in [5.74, 6) is 3.61. The van der Waals surface area contributed by atoms with Crippen LogP contribution in [0.2, 0.25) is 0 Å². The summed E-state index contributed by atoms with van der Waals surface area (Å²) in [6.07, 6.45) is 13.7. The fraction of sp³-hybridized carbons (Fsp3) is 1.00. The van der Waals surface area contributed by atoms with Gasteiger partial charge in [-0.15, -0.1) is 0 Å². The molecule has 0 spiro atoms. The molecule has 5 aliphatic heterocycles. The Morgan fingerprint density at radius 2 is 0.914 bits per heavy atom. The summed E-state index contributed by atoms with van der Waals surface area (Å²) in [5, 5.41) is 27.7. The molecular formula is C49H113N9. The molecule has 5 fully saturated rings. The Morgan fingerprint density at radius 3 is 1.24 bits per heavy atom. The van der Waals surface area contributed by atoms with Gasteiger partial charge in [-0.25, -0.2) is 0 Å². The average Bonchev–Trinajstić information content (AvgIpc) is 3.14. The van der Waals surface area contributed by atoms with Crippen LogP contribution in [0.5, 0.6) is 0 Å². The fourth-order valence-electron chi connectivity index (χ4n) is 7.61. The van der Waals surface area contributed by atoms with E-state index in [0.717, 1.165) is 61.9 Å². The normalized spacial score (nSPS) is 22.4. The minimum Gasteiger partial charge on any atom is -0.317 e. The topological polar surface area (TPSA) is 99.5 Å². The van der Waals surface area contributed by atoms with E-state index in [-0.39, 0.29) is 38.9 Å². The monoisotopic (exact) mass is 828 g/mol. The van der Waals surface area contributed by atoms with E-state index in [1.165, 1.54) is 130 Å². The van der Waals surface area contributed by atoms with E-state index in [0.29, 0.717) is 0 Å². The highest BCUT2D eigenvalue weighted by Crippen LogP contribution is 2.20. The maximum absolute atomic E-state index is 3.62. The lowest BCUT2D eigenvalue weighted by Crippen LogP contribution is -2.48. The van der Waals surface area contributed by atoms with Crippen molar-refractivity contribution in [2.75, 3.05) is 91.6 Å². The van der Waals surface area contributed by atoms with E-state index in [1.54, 1.807) is 0 Å². The SMILES string of the molecule is C.C.C.CC(C)(C)NC1CCNCC1.CC(C)(C)NC[C@@H]1CCCNC1.CC(C)(C)NC[C@H]1CCCNC1.CC(C)CCC1CCNCC1.CC(C)N1CCNCC1. The number of hydrogen-bond donors (Lipinski definition) is 8. The average molecular weight is 829 g/mol. The van der Waals surface area contributed by atoms with Crippen LogP contribution in [0.4, 0.5) is 0 Å². The molecular weight excluding hydrogens is 715 g/mol. The molecule has 2 atom stereocenters. The van der Waals surface area contributed by atoms with Gasteiger partial charge in [-0.3, -0.25) is 4.90 Å². The molecule has 5 rings (SSSR count). The van der Waals surface area contributed by atoms with E-state index in [2.05, 4.69) is 137 Å². The number of rotatable bonds is 9. The van der Waals surface area contributed by atoms with E-state index < -0.39 is 0 Å². The number of hydrogen-bond acceptors (Lipinski definition) is 9. The lowest BCUT2D eigenvalue weighted by atomic mass is 9.90. The molecule has 0 bridgehead atoms. The van der Waals surface area contributed by atoms with Gasteiger partial charge in [0, 0.05) is 54.9 Å². The molecule has 0 aromatic rings. The Hall–Kier alpha value is -0.360. The van der Waals surface area contributed by atoms with Crippen LogP contribution in [0.15, 0.2) is 0 Å². The molecule has 0 aromatic carbocycles. The van der Waals surface area contributed by atoms with Crippen LogP contribution in [-0.2, 0) is 0 Å². The zero-order valence-electron chi connectivity index (χ0n) is 39.4. The zero-order chi connectivity index (χ0) is 41.2. The summed E-state index contributed by atoms with van der Waals surface area (Å²) in [6.45, 7) is 46.0. The Balaban J connectivity index is -0.000000645. The lowest BCUT2D eigenvalue weighted by Gasteiger charge is -2.31. The molecule has 5 saturated heterocycles. The van der Waals surface area contributed by atoms with Gasteiger partial charge in [0.25, 0.3) is 0 Å². The number of nitrogens with zero attached hydrogens (tertiary/aromatic N) is 1. The standard InChI is InChI=1S/2C10H22N2.C10H21N.C9H20N2.C7H16N2.3CH4/c2*1-10(2,3)12-8-9-5-4-6-11-7-9;1-9(2)3-4-10-5-7-11-8-6-10;1-9(2,3)11-8-4-6-10-7-5-8;1-7(2)9-5-3-8-4-6-9;;;/h2*9,11-12H,4-8H2,1-3H3;9-11H,3-8H2,1-2H3;8,10-11H,4-7H2,1-3H3;7-8H,3-6H2,1-2H3;3*1H4/t2*9-;;;;;;/m10....../s1. The molecule has 0 saturated carbocycles. The number of piperidine rings is 4. The molecule has 5 aliphatic rings. The summed E-state index contributed by atoms with van der Waals surface area (Å²) in [6, 6.07) is 1.46. The van der Waals surface area contributed by atoms with E-state index >= 15 is 0 Å². The second-order valence-corrected chi connectivity index (χ2v) is 21.1. The van der Waals surface area contributed by atoms with Crippen LogP contribution < -0.4 is 42.5 Å². The van der Waals surface area contributed by atoms with Crippen molar-refractivity contribution in [1.29, 1.82) is 0 Å². The van der Waals surface area contributed by atoms with Gasteiger partial charge in [0.1, 0.15) is 0 Å². The first-order valence-electron chi connectivity index (χ1n) is 23.4. The third-order valence-corrected chi connectivity index (χ3v) is 11.1. The predicted molar refractivity (Wildman–Crippen MR) is 265 cm³/mol. The minimum absolute atomic E-state index is 0. The van der Waals surface area contributed by atoms with Gasteiger partial charge >= 0.3 is 0 Å². The van der Waals surface area contributed by atoms with Crippen LogP contribution >= 0.6 is 0 Å². The number of piperazine rings is 1. The summed E-state index contributed by atoms with van der Waals surface area (Å²) in [5.41, 5.74) is 0.830. The van der Waals surface area contributed by atoms with Gasteiger partial charge in [0.2, 0.25) is 0 Å². The maximum atomic E-state index is 3.62. The Morgan fingerprint density at radius 1 is 0.500 bits per heavy atom. The summed E-state index contributed by atoms with van der Waals surface area (Å²) in [4.78, 5) is 2.50. The molecule has 9 heteroatoms. The Labute approximate surface area is 366 Å². The van der Waals surface area contributed by atoms with Gasteiger partial charge in [-0.2, -0.15) is 0 Å². The smallest absolute Gasteiger partial charge is 0.0110 e. The predicted octanol–water partition coefficient (Wildman–Crippen LogP) is 8.51. The van der Waals surface area contributed by atoms with Crippen molar-refractivity contribution in [2.24, 2.45) is 23.7 Å². The van der Waals surface area contributed by atoms with Gasteiger partial charge in [-0.1, -0.05) is 49.0 Å². The second kappa shape index (κ2) is 35.1. The molecule has 0 radical (unpaired) electrons. The molecule has 0 unspecified atom stereocenters. The third-order valence-electron chi connectivity index (χ3n) is 11.1. The molecule has 0 aromatic heterocycles. The van der Waals surface area contributed by atoms with Gasteiger partial charge in [0.15, 0.2) is 0 Å². The molecule has 58 heavy (non-hydrogen) atoms. The third kappa shape index (κ3) is 38.6. The lowest BCUT2D eigenvalue weighted by molar-refractivity contribution is 0.196. The van der Waals surface area contributed by atoms with Crippen LogP contribution in [0.3, 0.4) is 0 Å².